The maximum atomic E-state index is 14.0. The molecule has 4 aromatic carbocycles. The minimum absolute atomic E-state index is 0.172. The summed E-state index contributed by atoms with van der Waals surface area (Å²) in [7, 11) is 0. The lowest BCUT2D eigenvalue weighted by molar-refractivity contribution is -0.121. The second-order valence-corrected chi connectivity index (χ2v) is 13.0. The first-order chi connectivity index (χ1) is 22.1. The maximum Gasteiger partial charge on any atom is 0.343 e. The number of imide groups is 2. The molecule has 7 heteroatoms. The molecule has 3 aliphatic rings. The van der Waals surface area contributed by atoms with Crippen molar-refractivity contribution in [2.24, 2.45) is 0 Å². The fourth-order valence-corrected chi connectivity index (χ4v) is 7.18. The molecule has 4 amide bonds. The van der Waals surface area contributed by atoms with Gasteiger partial charge in [0.2, 0.25) is 5.88 Å². The molecule has 0 spiro atoms. The highest BCUT2D eigenvalue weighted by atomic mass is 16.4. The summed E-state index contributed by atoms with van der Waals surface area (Å²) in [5.74, 6) is -0.427. The van der Waals surface area contributed by atoms with E-state index < -0.39 is 23.3 Å². The first kappa shape index (κ1) is 27.8. The van der Waals surface area contributed by atoms with E-state index in [0.29, 0.717) is 23.0 Å². The van der Waals surface area contributed by atoms with Crippen molar-refractivity contribution < 1.29 is 18.8 Å². The smallest absolute Gasteiger partial charge is 0.343 e. The zero-order chi connectivity index (χ0) is 32.0. The summed E-state index contributed by atoms with van der Waals surface area (Å²) in [6.45, 7) is 8.83. The van der Waals surface area contributed by atoms with Crippen molar-refractivity contribution in [3.05, 3.63) is 143 Å². The summed E-state index contributed by atoms with van der Waals surface area (Å²) in [5.41, 5.74) is 6.49. The van der Waals surface area contributed by atoms with Gasteiger partial charge in [-0.25, -0.2) is 14.6 Å². The van der Waals surface area contributed by atoms with Crippen molar-refractivity contribution in [3.63, 3.8) is 0 Å². The molecule has 0 bridgehead atoms. The van der Waals surface area contributed by atoms with Gasteiger partial charge in [-0.2, -0.15) is 0 Å². The number of fused-ring (bicyclic) bond motifs is 4. The van der Waals surface area contributed by atoms with Gasteiger partial charge in [0, 0.05) is 16.4 Å². The number of hydrogen-bond acceptors (Lipinski definition) is 5. The number of amides is 4. The molecule has 0 aliphatic carbocycles. The van der Waals surface area contributed by atoms with E-state index in [4.69, 9.17) is 4.42 Å². The molecule has 0 saturated carbocycles. The van der Waals surface area contributed by atoms with Gasteiger partial charge in [0.1, 0.15) is 11.3 Å². The van der Waals surface area contributed by atoms with Crippen molar-refractivity contribution in [1.29, 1.82) is 0 Å². The third-order valence-corrected chi connectivity index (χ3v) is 9.60. The highest BCUT2D eigenvalue weighted by molar-refractivity contribution is 6.46. The van der Waals surface area contributed by atoms with E-state index in [-0.39, 0.29) is 11.0 Å². The number of furan rings is 1. The Balaban J connectivity index is 1.32. The van der Waals surface area contributed by atoms with Crippen LogP contribution in [0.2, 0.25) is 0 Å². The molecule has 226 valence electrons. The third-order valence-electron chi connectivity index (χ3n) is 9.60. The number of urea groups is 1. The average molecular weight is 606 g/mol. The molecule has 46 heavy (non-hydrogen) atoms. The van der Waals surface area contributed by atoms with Crippen LogP contribution < -0.4 is 14.7 Å². The number of anilines is 5. The molecule has 1 saturated heterocycles. The largest absolute Gasteiger partial charge is 0.440 e. The summed E-state index contributed by atoms with van der Waals surface area (Å²) < 4.78 is 6.65. The zero-order valence-electron chi connectivity index (χ0n) is 25.9. The summed E-state index contributed by atoms with van der Waals surface area (Å²) in [5, 5.41) is 0. The number of barbiturate groups is 1. The Kier molecular flexibility index (Phi) is 5.84. The molecule has 0 atom stereocenters. The van der Waals surface area contributed by atoms with Crippen molar-refractivity contribution >= 4 is 52.6 Å². The first-order valence-electron chi connectivity index (χ1n) is 15.3. The Morgan fingerprint density at radius 1 is 0.565 bits per heavy atom. The van der Waals surface area contributed by atoms with Crippen LogP contribution in [0.5, 0.6) is 0 Å². The van der Waals surface area contributed by atoms with Gasteiger partial charge in [-0.05, 0) is 59.2 Å². The van der Waals surface area contributed by atoms with Crippen LogP contribution in [0.15, 0.2) is 119 Å². The van der Waals surface area contributed by atoms with Gasteiger partial charge in [0.25, 0.3) is 11.8 Å². The van der Waals surface area contributed by atoms with E-state index in [9.17, 15) is 14.4 Å². The summed E-state index contributed by atoms with van der Waals surface area (Å²) in [6, 6.07) is 33.3. The van der Waals surface area contributed by atoms with Crippen LogP contribution in [0.3, 0.4) is 0 Å². The van der Waals surface area contributed by atoms with E-state index >= 15 is 0 Å². The van der Waals surface area contributed by atoms with Gasteiger partial charge in [0.05, 0.1) is 22.7 Å². The highest BCUT2D eigenvalue weighted by Crippen LogP contribution is 2.60. The van der Waals surface area contributed by atoms with Crippen LogP contribution in [0.25, 0.3) is 6.08 Å². The molecular formula is C39H31N3O4. The van der Waals surface area contributed by atoms with Crippen molar-refractivity contribution in [3.8, 4) is 0 Å². The molecule has 1 fully saturated rings. The minimum atomic E-state index is -0.736. The lowest BCUT2D eigenvalue weighted by Gasteiger charge is -2.47. The molecule has 4 heterocycles. The molecule has 0 unspecified atom stereocenters. The lowest BCUT2D eigenvalue weighted by Crippen LogP contribution is -2.57. The SMILES string of the molecule is CC1(C)c2ccccc2N2c3oc(C=C4C(=O)N(c5ccccc5)C(=O)N(c5ccccc5)C4=O)cc3C(C)(C)c3cccc1c32. The number of carbonyl (C=O) groups is 3. The number of rotatable bonds is 3. The van der Waals surface area contributed by atoms with Crippen molar-refractivity contribution in [1.82, 2.24) is 0 Å². The normalized spacial score (nSPS) is 17.4. The Morgan fingerprint density at radius 2 is 1.07 bits per heavy atom. The summed E-state index contributed by atoms with van der Waals surface area (Å²) in [4.78, 5) is 46.1. The first-order valence-corrected chi connectivity index (χ1v) is 15.3. The molecule has 1 aromatic heterocycles. The molecular weight excluding hydrogens is 574 g/mol. The number of carbonyl (C=O) groups excluding carboxylic acids is 3. The zero-order valence-corrected chi connectivity index (χ0v) is 25.9. The lowest BCUT2D eigenvalue weighted by atomic mass is 9.67. The molecule has 0 N–H and O–H groups in total. The number of hydrogen-bond donors (Lipinski definition) is 0. The van der Waals surface area contributed by atoms with Crippen molar-refractivity contribution in [2.75, 3.05) is 14.7 Å². The van der Waals surface area contributed by atoms with Crippen LogP contribution in [0.4, 0.5) is 33.4 Å². The Bertz CT molecular complexity index is 2060. The molecule has 0 radical (unpaired) electrons. The quantitative estimate of drug-likeness (QED) is 0.152. The summed E-state index contributed by atoms with van der Waals surface area (Å²) in [6.07, 6.45) is 1.47. The highest BCUT2D eigenvalue weighted by Gasteiger charge is 2.48. The van der Waals surface area contributed by atoms with Crippen LogP contribution in [0.1, 0.15) is 55.7 Å². The van der Waals surface area contributed by atoms with E-state index in [1.165, 1.54) is 22.8 Å². The fourth-order valence-electron chi connectivity index (χ4n) is 7.18. The van der Waals surface area contributed by atoms with Gasteiger partial charge in [-0.1, -0.05) is 100 Å². The second-order valence-electron chi connectivity index (χ2n) is 13.0. The number of para-hydroxylation sites is 4. The topological polar surface area (TPSA) is 74.1 Å². The average Bonchev–Trinajstić information content (AvgIpc) is 3.49. The van der Waals surface area contributed by atoms with E-state index in [1.54, 1.807) is 60.7 Å². The maximum absolute atomic E-state index is 14.0. The predicted molar refractivity (Wildman–Crippen MR) is 179 cm³/mol. The van der Waals surface area contributed by atoms with Gasteiger partial charge in [0.15, 0.2) is 0 Å². The Hall–Kier alpha value is -5.69. The number of benzene rings is 4. The molecule has 8 rings (SSSR count). The van der Waals surface area contributed by atoms with Crippen LogP contribution >= 0.6 is 0 Å². The van der Waals surface area contributed by atoms with Crippen LogP contribution in [0, 0.1) is 0 Å². The van der Waals surface area contributed by atoms with Crippen LogP contribution in [-0.4, -0.2) is 17.8 Å². The Labute approximate surface area is 267 Å². The standard InChI is InChI=1S/C39H31N3O4/c1-38(2)28-18-11-12-21-32(28)42-33-29(38)19-13-20-30(33)39(3,4)31-23-26(46-36(31)42)22-27-34(43)40(24-14-7-5-8-15-24)37(45)41(35(27)44)25-16-9-6-10-17-25/h5-23H,1-4H3. The number of nitrogens with zero attached hydrogens (tertiary/aromatic N) is 3. The minimum Gasteiger partial charge on any atom is -0.440 e. The van der Waals surface area contributed by atoms with Gasteiger partial charge in [-0.3, -0.25) is 14.5 Å². The van der Waals surface area contributed by atoms with E-state index in [0.717, 1.165) is 26.7 Å². The van der Waals surface area contributed by atoms with Crippen molar-refractivity contribution in [2.45, 2.75) is 38.5 Å². The fraction of sp³-hybridized carbons (Fsp3) is 0.154. The predicted octanol–water partition coefficient (Wildman–Crippen LogP) is 8.61. The monoisotopic (exact) mass is 605 g/mol. The van der Waals surface area contributed by atoms with Gasteiger partial charge < -0.3 is 4.42 Å². The molecule has 5 aromatic rings. The second kappa shape index (κ2) is 9.65. The van der Waals surface area contributed by atoms with Crippen LogP contribution in [-0.2, 0) is 20.4 Å². The van der Waals surface area contributed by atoms with Gasteiger partial charge in [-0.15, -0.1) is 0 Å². The summed E-state index contributed by atoms with van der Waals surface area (Å²) >= 11 is 0. The third kappa shape index (κ3) is 3.75. The molecule has 7 nitrogen and oxygen atoms in total. The molecule has 3 aliphatic heterocycles. The van der Waals surface area contributed by atoms with E-state index in [1.807, 2.05) is 12.1 Å². The van der Waals surface area contributed by atoms with E-state index in [2.05, 4.69) is 69.0 Å². The Morgan fingerprint density at radius 3 is 1.65 bits per heavy atom. The van der Waals surface area contributed by atoms with Gasteiger partial charge >= 0.3 is 6.03 Å².